The molecule has 0 saturated heterocycles. The molecule has 0 radical (unpaired) electrons. The van der Waals surface area contributed by atoms with Crippen molar-refractivity contribution < 1.29 is 63.2 Å². The number of carboxylic acids is 3. The Kier molecular flexibility index (Phi) is 15.2. The molecule has 0 aliphatic rings. The summed E-state index contributed by atoms with van der Waals surface area (Å²) in [5, 5.41) is 26.5. The molecule has 36 heavy (non-hydrogen) atoms. The van der Waals surface area contributed by atoms with Crippen LogP contribution in [0.3, 0.4) is 0 Å². The Bertz CT molecular complexity index is 824. The molecule has 0 aromatic carbocycles. The molecule has 0 heterocycles. The monoisotopic (exact) mass is 564 g/mol. The molecule has 0 aromatic rings. The van der Waals surface area contributed by atoms with Gasteiger partial charge in [-0.3, -0.25) is 43.0 Å². The summed E-state index contributed by atoms with van der Waals surface area (Å²) in [6.07, 6.45) is -0.331. The molecule has 0 aromatic heterocycles. The third-order valence-electron chi connectivity index (χ3n) is 4.90. The topological polar surface area (TPSA) is 266 Å². The quantitative estimate of drug-likeness (QED) is 0.0702. The van der Waals surface area contributed by atoms with E-state index in [-0.39, 0.29) is 45.7 Å². The summed E-state index contributed by atoms with van der Waals surface area (Å²) in [4.78, 5) is 86.3. The number of likely N-dealkylation sites (N-methyl/N-ethyl adjacent to an activating group) is 1. The van der Waals surface area contributed by atoms with Crippen LogP contribution < -0.4 is 5.32 Å². The second-order valence-electron chi connectivity index (χ2n) is 7.82. The van der Waals surface area contributed by atoms with Crippen molar-refractivity contribution in [3.63, 3.8) is 0 Å². The lowest BCUT2D eigenvalue weighted by molar-refractivity contribution is -0.141. The standard InChI is InChI=1S/C17H34N4O13P2/c1-2-19(11-15(25)26)5-6-21(8-7-20(12-16(27)28)4-3-14(23)24)10-13(22)18-9-17(35(29,30)31)36(32,33)34/h17H,2-12H2,1H3,(H,18,22)(H,23,24)(H,25,26)(H,27,28)(H2,29,30,31)(H2,32,33,34). The highest BCUT2D eigenvalue weighted by molar-refractivity contribution is 7.70. The summed E-state index contributed by atoms with van der Waals surface area (Å²) in [7, 11) is -10.5. The van der Waals surface area contributed by atoms with Gasteiger partial charge in [0, 0.05) is 39.3 Å². The third kappa shape index (κ3) is 15.9. The number of rotatable bonds is 20. The molecule has 0 saturated carbocycles. The van der Waals surface area contributed by atoms with Gasteiger partial charge in [-0.05, 0) is 6.54 Å². The summed E-state index contributed by atoms with van der Waals surface area (Å²) in [6, 6.07) is 0. The average Bonchev–Trinajstić information content (AvgIpc) is 2.69. The molecule has 0 bridgehead atoms. The first-order valence-electron chi connectivity index (χ1n) is 10.6. The molecule has 0 unspecified atom stereocenters. The van der Waals surface area contributed by atoms with Crippen LogP contribution in [-0.4, -0.2) is 144 Å². The van der Waals surface area contributed by atoms with Crippen LogP contribution in [0.4, 0.5) is 0 Å². The first-order chi connectivity index (χ1) is 16.4. The van der Waals surface area contributed by atoms with Gasteiger partial charge < -0.3 is 40.2 Å². The van der Waals surface area contributed by atoms with E-state index in [4.69, 9.17) is 34.9 Å². The van der Waals surface area contributed by atoms with Gasteiger partial charge in [-0.1, -0.05) is 6.92 Å². The molecule has 0 aliphatic heterocycles. The number of hydrogen-bond acceptors (Lipinski definition) is 9. The van der Waals surface area contributed by atoms with Crippen LogP contribution in [0.15, 0.2) is 0 Å². The number of nitrogens with zero attached hydrogens (tertiary/aromatic N) is 3. The molecule has 0 aliphatic carbocycles. The number of aliphatic carboxylic acids is 3. The third-order valence-corrected chi connectivity index (χ3v) is 8.62. The Morgan fingerprint density at radius 2 is 1.11 bits per heavy atom. The molecule has 0 spiro atoms. The van der Waals surface area contributed by atoms with Crippen molar-refractivity contribution in [2.75, 3.05) is 65.4 Å². The molecule has 0 atom stereocenters. The van der Waals surface area contributed by atoms with E-state index in [1.807, 2.05) is 0 Å². The van der Waals surface area contributed by atoms with Crippen LogP contribution in [0.5, 0.6) is 0 Å². The number of hydrogen-bond donors (Lipinski definition) is 8. The Morgan fingerprint density at radius 3 is 1.50 bits per heavy atom. The molecule has 1 amide bonds. The van der Waals surface area contributed by atoms with Crippen molar-refractivity contribution in [2.24, 2.45) is 0 Å². The van der Waals surface area contributed by atoms with Crippen LogP contribution >= 0.6 is 15.2 Å². The molecule has 0 rings (SSSR count). The summed E-state index contributed by atoms with van der Waals surface area (Å²) in [6.45, 7) is 0.126. The van der Waals surface area contributed by atoms with Crippen molar-refractivity contribution >= 4 is 39.0 Å². The molecule has 0 fully saturated rings. The fourth-order valence-electron chi connectivity index (χ4n) is 2.99. The van der Waals surface area contributed by atoms with E-state index >= 15 is 0 Å². The van der Waals surface area contributed by atoms with Gasteiger partial charge in [-0.15, -0.1) is 0 Å². The van der Waals surface area contributed by atoms with Gasteiger partial charge in [0.15, 0.2) is 5.40 Å². The highest BCUT2D eigenvalue weighted by Gasteiger charge is 2.43. The van der Waals surface area contributed by atoms with Crippen LogP contribution in [0.25, 0.3) is 0 Å². The van der Waals surface area contributed by atoms with Crippen molar-refractivity contribution in [1.29, 1.82) is 0 Å². The van der Waals surface area contributed by atoms with Crippen molar-refractivity contribution in [3.05, 3.63) is 0 Å². The average molecular weight is 564 g/mol. The molecule has 17 nitrogen and oxygen atoms in total. The van der Waals surface area contributed by atoms with Gasteiger partial charge in [0.2, 0.25) is 5.91 Å². The van der Waals surface area contributed by atoms with Crippen molar-refractivity contribution in [3.8, 4) is 0 Å². The normalized spacial score (nSPS) is 12.5. The fraction of sp³-hybridized carbons (Fsp3) is 0.765. The first-order valence-corrected chi connectivity index (χ1v) is 14.0. The van der Waals surface area contributed by atoms with Crippen LogP contribution in [0, 0.1) is 0 Å². The van der Waals surface area contributed by atoms with Crippen molar-refractivity contribution in [1.82, 2.24) is 20.0 Å². The van der Waals surface area contributed by atoms with E-state index in [0.29, 0.717) is 6.54 Å². The van der Waals surface area contributed by atoms with Gasteiger partial charge in [0.1, 0.15) is 0 Å². The molecule has 8 N–H and O–H groups in total. The number of carbonyl (C=O) groups is 4. The number of carbonyl (C=O) groups excluding carboxylic acids is 1. The second-order valence-corrected chi connectivity index (χ2v) is 11.8. The Morgan fingerprint density at radius 1 is 0.694 bits per heavy atom. The zero-order valence-corrected chi connectivity index (χ0v) is 21.5. The zero-order valence-electron chi connectivity index (χ0n) is 19.7. The fourth-order valence-corrected chi connectivity index (χ4v) is 5.21. The van der Waals surface area contributed by atoms with Crippen molar-refractivity contribution in [2.45, 2.75) is 18.7 Å². The molecule has 19 heteroatoms. The van der Waals surface area contributed by atoms with E-state index in [9.17, 15) is 28.3 Å². The van der Waals surface area contributed by atoms with E-state index in [1.165, 1.54) is 9.80 Å². The number of amides is 1. The predicted octanol–water partition coefficient (Wildman–Crippen LogP) is -2.65. The van der Waals surface area contributed by atoms with Gasteiger partial charge >= 0.3 is 33.1 Å². The summed E-state index contributed by atoms with van der Waals surface area (Å²) >= 11 is 0. The highest BCUT2D eigenvalue weighted by atomic mass is 31.2. The lowest BCUT2D eigenvalue weighted by Gasteiger charge is -2.28. The number of nitrogens with one attached hydrogen (secondary N) is 1. The summed E-state index contributed by atoms with van der Waals surface area (Å²) in [5.41, 5.74) is 0. The minimum absolute atomic E-state index is 0.0193. The van der Waals surface area contributed by atoms with Crippen LogP contribution in [-0.2, 0) is 28.3 Å². The van der Waals surface area contributed by atoms with Gasteiger partial charge in [0.25, 0.3) is 0 Å². The summed E-state index contributed by atoms with van der Waals surface area (Å²) in [5.74, 6) is -4.27. The zero-order chi connectivity index (χ0) is 28.1. The van der Waals surface area contributed by atoms with Gasteiger partial charge in [0.05, 0.1) is 26.1 Å². The summed E-state index contributed by atoms with van der Waals surface area (Å²) < 4.78 is 22.8. The Labute approximate surface area is 207 Å². The van der Waals surface area contributed by atoms with E-state index in [0.717, 1.165) is 0 Å². The second kappa shape index (κ2) is 16.0. The highest BCUT2D eigenvalue weighted by Crippen LogP contribution is 2.59. The predicted molar refractivity (Wildman–Crippen MR) is 123 cm³/mol. The minimum Gasteiger partial charge on any atom is -0.481 e. The Hall–Kier alpha value is -1.94. The van der Waals surface area contributed by atoms with Crippen LogP contribution in [0.1, 0.15) is 13.3 Å². The maximum atomic E-state index is 12.4. The maximum absolute atomic E-state index is 12.4. The first kappa shape index (κ1) is 34.1. The lowest BCUT2D eigenvalue weighted by atomic mass is 10.3. The van der Waals surface area contributed by atoms with E-state index < -0.39 is 64.0 Å². The van der Waals surface area contributed by atoms with E-state index in [2.05, 4.69) is 5.32 Å². The van der Waals surface area contributed by atoms with Gasteiger partial charge in [-0.2, -0.15) is 0 Å². The number of carboxylic acid groups (broad SMARTS) is 3. The minimum atomic E-state index is -5.25. The lowest BCUT2D eigenvalue weighted by Crippen LogP contribution is -2.46. The maximum Gasteiger partial charge on any atom is 0.342 e. The molecule has 210 valence electrons. The van der Waals surface area contributed by atoms with Crippen LogP contribution in [0.2, 0.25) is 0 Å². The largest absolute Gasteiger partial charge is 0.481 e. The van der Waals surface area contributed by atoms with Gasteiger partial charge in [-0.25, -0.2) is 0 Å². The van der Waals surface area contributed by atoms with E-state index in [1.54, 1.807) is 11.8 Å². The molecular weight excluding hydrogens is 530 g/mol. The smallest absolute Gasteiger partial charge is 0.342 e. The molecular formula is C17H34N4O13P2. The Balaban J connectivity index is 5.37. The SMILES string of the molecule is CCN(CCN(CCN(CCC(=O)O)CC(=O)O)CC(=O)NCC(P(=O)(O)O)P(=O)(O)O)CC(=O)O.